The summed E-state index contributed by atoms with van der Waals surface area (Å²) in [5.74, 6) is -0.272. The molecule has 0 bridgehead atoms. The average molecular weight is 220 g/mol. The molecule has 0 spiro atoms. The summed E-state index contributed by atoms with van der Waals surface area (Å²) in [5.41, 5.74) is 0.840. The minimum absolute atomic E-state index is 0.0333. The Balaban J connectivity index is 2.77. The van der Waals surface area contributed by atoms with Crippen LogP contribution in [0.2, 0.25) is 0 Å². The van der Waals surface area contributed by atoms with Gasteiger partial charge in [-0.15, -0.1) is 0 Å². The number of nitro groups is 1. The Labute approximate surface area is 92.9 Å². The van der Waals surface area contributed by atoms with E-state index in [2.05, 4.69) is 11.9 Å². The molecule has 0 heterocycles. The molecule has 1 amide bonds. The first-order valence-corrected chi connectivity index (χ1v) is 4.72. The van der Waals surface area contributed by atoms with E-state index in [1.807, 2.05) is 0 Å². The average Bonchev–Trinajstić information content (AvgIpc) is 2.28. The van der Waals surface area contributed by atoms with E-state index < -0.39 is 4.92 Å². The highest BCUT2D eigenvalue weighted by Crippen LogP contribution is 2.17. The van der Waals surface area contributed by atoms with Crippen LogP contribution in [0.4, 0.5) is 5.69 Å². The van der Waals surface area contributed by atoms with E-state index in [0.717, 1.165) is 5.56 Å². The fraction of sp³-hybridized carbons (Fsp3) is 0.182. The summed E-state index contributed by atoms with van der Waals surface area (Å²) >= 11 is 0. The van der Waals surface area contributed by atoms with Crippen molar-refractivity contribution in [3.63, 3.8) is 0 Å². The maximum Gasteiger partial charge on any atom is 0.269 e. The van der Waals surface area contributed by atoms with Crippen LogP contribution in [0.1, 0.15) is 18.5 Å². The number of carbonyl (C=O) groups is 1. The molecule has 0 aliphatic carbocycles. The predicted molar refractivity (Wildman–Crippen MR) is 59.9 cm³/mol. The van der Waals surface area contributed by atoms with Gasteiger partial charge in [0.05, 0.1) is 11.0 Å². The molecule has 0 saturated heterocycles. The molecule has 0 saturated carbocycles. The molecular weight excluding hydrogens is 208 g/mol. The number of hydrogen-bond acceptors (Lipinski definition) is 3. The standard InChI is InChI=1S/C11H12N2O3/c1-3-11(14)12-8(2)9-4-6-10(7-5-9)13(15)16/h3-8H,1H2,2H3,(H,12,14)/t8-/m0/s1. The number of amides is 1. The van der Waals surface area contributed by atoms with Gasteiger partial charge in [-0.3, -0.25) is 14.9 Å². The van der Waals surface area contributed by atoms with Gasteiger partial charge in [0.2, 0.25) is 5.91 Å². The van der Waals surface area contributed by atoms with Crippen molar-refractivity contribution < 1.29 is 9.72 Å². The van der Waals surface area contributed by atoms with Gasteiger partial charge in [-0.2, -0.15) is 0 Å². The quantitative estimate of drug-likeness (QED) is 0.479. The molecule has 16 heavy (non-hydrogen) atoms. The molecule has 5 nitrogen and oxygen atoms in total. The van der Waals surface area contributed by atoms with Gasteiger partial charge in [-0.25, -0.2) is 0 Å². The second kappa shape index (κ2) is 5.06. The SMILES string of the molecule is C=CC(=O)N[C@@H](C)c1ccc([N+](=O)[O-])cc1. The number of nitrogens with zero attached hydrogens (tertiary/aromatic N) is 1. The number of nitrogens with one attached hydrogen (secondary N) is 1. The Hall–Kier alpha value is -2.17. The summed E-state index contributed by atoms with van der Waals surface area (Å²) in [4.78, 5) is 21.0. The molecule has 84 valence electrons. The van der Waals surface area contributed by atoms with E-state index in [1.165, 1.54) is 18.2 Å². The van der Waals surface area contributed by atoms with Crippen molar-refractivity contribution in [2.45, 2.75) is 13.0 Å². The van der Waals surface area contributed by atoms with Gasteiger partial charge in [0.25, 0.3) is 5.69 Å². The number of non-ortho nitro benzene ring substituents is 1. The molecule has 1 aromatic carbocycles. The molecule has 0 aliphatic rings. The summed E-state index contributed by atoms with van der Waals surface area (Å²) in [6.45, 7) is 5.14. The van der Waals surface area contributed by atoms with Crippen LogP contribution >= 0.6 is 0 Å². The largest absolute Gasteiger partial charge is 0.346 e. The molecule has 1 N–H and O–H groups in total. The monoisotopic (exact) mass is 220 g/mol. The Morgan fingerprint density at radius 1 is 1.50 bits per heavy atom. The van der Waals surface area contributed by atoms with Gasteiger partial charge in [0.15, 0.2) is 0 Å². The van der Waals surface area contributed by atoms with Crippen LogP contribution in [0.3, 0.4) is 0 Å². The van der Waals surface area contributed by atoms with Gasteiger partial charge in [0, 0.05) is 12.1 Å². The second-order valence-electron chi connectivity index (χ2n) is 3.28. The maximum atomic E-state index is 11.0. The molecule has 1 aromatic rings. The number of hydrogen-bond donors (Lipinski definition) is 1. The fourth-order valence-corrected chi connectivity index (χ4v) is 1.24. The van der Waals surface area contributed by atoms with E-state index in [4.69, 9.17) is 0 Å². The van der Waals surface area contributed by atoms with E-state index in [1.54, 1.807) is 19.1 Å². The Bertz CT molecular complexity index is 412. The van der Waals surface area contributed by atoms with Crippen molar-refractivity contribution in [1.82, 2.24) is 5.32 Å². The number of carbonyl (C=O) groups excluding carboxylic acids is 1. The molecule has 0 radical (unpaired) electrons. The van der Waals surface area contributed by atoms with Crippen LogP contribution in [-0.4, -0.2) is 10.8 Å². The van der Waals surface area contributed by atoms with Gasteiger partial charge < -0.3 is 5.32 Å². The third kappa shape index (κ3) is 2.91. The third-order valence-corrected chi connectivity index (χ3v) is 2.15. The summed E-state index contributed by atoms with van der Waals surface area (Å²) in [6, 6.07) is 5.85. The second-order valence-corrected chi connectivity index (χ2v) is 3.28. The van der Waals surface area contributed by atoms with Crippen LogP contribution in [-0.2, 0) is 4.79 Å². The van der Waals surface area contributed by atoms with Gasteiger partial charge >= 0.3 is 0 Å². The van der Waals surface area contributed by atoms with Crippen molar-refractivity contribution in [3.8, 4) is 0 Å². The fourth-order valence-electron chi connectivity index (χ4n) is 1.24. The smallest absolute Gasteiger partial charge is 0.269 e. The van der Waals surface area contributed by atoms with Crippen LogP contribution in [0, 0.1) is 10.1 Å². The molecular formula is C11H12N2O3. The molecule has 0 fully saturated rings. The summed E-state index contributed by atoms with van der Waals surface area (Å²) in [7, 11) is 0. The van der Waals surface area contributed by atoms with E-state index >= 15 is 0 Å². The van der Waals surface area contributed by atoms with Crippen molar-refractivity contribution >= 4 is 11.6 Å². The van der Waals surface area contributed by atoms with Gasteiger partial charge in [-0.05, 0) is 18.6 Å². The molecule has 0 aromatic heterocycles. The third-order valence-electron chi connectivity index (χ3n) is 2.15. The number of rotatable bonds is 4. The van der Waals surface area contributed by atoms with Crippen molar-refractivity contribution in [2.75, 3.05) is 0 Å². The lowest BCUT2D eigenvalue weighted by atomic mass is 10.1. The van der Waals surface area contributed by atoms with Gasteiger partial charge in [-0.1, -0.05) is 18.7 Å². The van der Waals surface area contributed by atoms with Crippen molar-refractivity contribution in [3.05, 3.63) is 52.6 Å². The summed E-state index contributed by atoms with van der Waals surface area (Å²) < 4.78 is 0. The van der Waals surface area contributed by atoms with Crippen LogP contribution in [0.5, 0.6) is 0 Å². The normalized spacial score (nSPS) is 11.6. The number of nitro benzene ring substituents is 1. The first kappa shape index (κ1) is 11.9. The highest BCUT2D eigenvalue weighted by Gasteiger charge is 2.09. The van der Waals surface area contributed by atoms with Gasteiger partial charge in [0.1, 0.15) is 0 Å². The van der Waals surface area contributed by atoms with E-state index in [0.29, 0.717) is 0 Å². The minimum atomic E-state index is -0.462. The molecule has 1 atom stereocenters. The lowest BCUT2D eigenvalue weighted by Gasteiger charge is -2.12. The molecule has 5 heteroatoms. The molecule has 1 rings (SSSR count). The Morgan fingerprint density at radius 3 is 2.50 bits per heavy atom. The number of benzene rings is 1. The first-order valence-electron chi connectivity index (χ1n) is 4.72. The highest BCUT2D eigenvalue weighted by atomic mass is 16.6. The Kier molecular flexibility index (Phi) is 3.77. The first-order chi connectivity index (χ1) is 7.54. The Morgan fingerprint density at radius 2 is 2.06 bits per heavy atom. The predicted octanol–water partition coefficient (Wildman–Crippen LogP) is 1.96. The van der Waals surface area contributed by atoms with Crippen LogP contribution in [0.25, 0.3) is 0 Å². The lowest BCUT2D eigenvalue weighted by Crippen LogP contribution is -2.24. The lowest BCUT2D eigenvalue weighted by molar-refractivity contribution is -0.384. The zero-order valence-electron chi connectivity index (χ0n) is 8.84. The summed E-state index contributed by atoms with van der Waals surface area (Å²) in [6.07, 6.45) is 1.18. The zero-order valence-corrected chi connectivity index (χ0v) is 8.84. The highest BCUT2D eigenvalue weighted by molar-refractivity contribution is 5.87. The van der Waals surface area contributed by atoms with E-state index in [9.17, 15) is 14.9 Å². The summed E-state index contributed by atoms with van der Waals surface area (Å²) in [5, 5.41) is 13.1. The van der Waals surface area contributed by atoms with Crippen LogP contribution in [0.15, 0.2) is 36.9 Å². The molecule has 0 unspecified atom stereocenters. The van der Waals surface area contributed by atoms with Crippen molar-refractivity contribution in [1.29, 1.82) is 0 Å². The molecule has 0 aliphatic heterocycles. The topological polar surface area (TPSA) is 72.2 Å². The maximum absolute atomic E-state index is 11.0. The minimum Gasteiger partial charge on any atom is -0.346 e. The van der Waals surface area contributed by atoms with Crippen LogP contribution < -0.4 is 5.32 Å². The van der Waals surface area contributed by atoms with E-state index in [-0.39, 0.29) is 17.6 Å². The van der Waals surface area contributed by atoms with Crippen molar-refractivity contribution in [2.24, 2.45) is 0 Å². The zero-order chi connectivity index (χ0) is 12.1.